The smallest absolute Gasteiger partial charge is 0.305 e. The third-order valence-corrected chi connectivity index (χ3v) is 10.6. The van der Waals surface area contributed by atoms with Crippen LogP contribution in [-0.4, -0.2) is 61.4 Å². The van der Waals surface area contributed by atoms with Gasteiger partial charge in [0.1, 0.15) is 31.8 Å². The highest BCUT2D eigenvalue weighted by Crippen LogP contribution is 2.24. The van der Waals surface area contributed by atoms with Crippen LogP contribution in [0, 0.1) is 5.41 Å². The number of carboxylic acid groups (broad SMARTS) is 1. The van der Waals surface area contributed by atoms with E-state index in [9.17, 15) is 24.0 Å². The van der Waals surface area contributed by atoms with E-state index in [2.05, 4.69) is 20.8 Å². The summed E-state index contributed by atoms with van der Waals surface area (Å²) in [7, 11) is 0. The molecule has 0 fully saturated rings. The van der Waals surface area contributed by atoms with Crippen molar-refractivity contribution in [1.29, 1.82) is 0 Å². The van der Waals surface area contributed by atoms with Gasteiger partial charge in [0.25, 0.3) is 0 Å². The monoisotopic (exact) mass is 811 g/mol. The molecule has 0 aliphatic rings. The fourth-order valence-corrected chi connectivity index (χ4v) is 6.76. The van der Waals surface area contributed by atoms with Crippen LogP contribution in [0.3, 0.4) is 0 Å². The van der Waals surface area contributed by atoms with Crippen molar-refractivity contribution in [2.45, 2.75) is 239 Å². The fourth-order valence-electron chi connectivity index (χ4n) is 6.76. The maximum absolute atomic E-state index is 13.0. The van der Waals surface area contributed by atoms with Gasteiger partial charge in [-0.15, -0.1) is 0 Å². The molecule has 0 aromatic rings. The molecule has 0 rings (SSSR count). The first-order valence-electron chi connectivity index (χ1n) is 23.5. The molecule has 1 N–H and O–H groups in total. The first-order chi connectivity index (χ1) is 27.7. The van der Waals surface area contributed by atoms with Gasteiger partial charge in [-0.2, -0.15) is 0 Å². The molecule has 0 amide bonds. The highest BCUT2D eigenvalue weighted by Gasteiger charge is 2.38. The van der Waals surface area contributed by atoms with E-state index in [1.54, 1.807) is 0 Å². The van der Waals surface area contributed by atoms with Crippen molar-refractivity contribution in [1.82, 2.24) is 0 Å². The van der Waals surface area contributed by atoms with Gasteiger partial charge in [0.2, 0.25) is 0 Å². The van der Waals surface area contributed by atoms with E-state index in [1.807, 2.05) is 0 Å². The average Bonchev–Trinajstić information content (AvgIpc) is 3.19. The summed E-state index contributed by atoms with van der Waals surface area (Å²) in [5.41, 5.74) is -1.20. The minimum Gasteiger partial charge on any atom is -0.481 e. The molecule has 57 heavy (non-hydrogen) atoms. The van der Waals surface area contributed by atoms with E-state index in [4.69, 9.17) is 24.1 Å². The average molecular weight is 811 g/mol. The number of carboxylic acids is 1. The lowest BCUT2D eigenvalue weighted by molar-refractivity contribution is -0.171. The molecule has 10 heteroatoms. The second-order valence-electron chi connectivity index (χ2n) is 16.5. The zero-order chi connectivity index (χ0) is 42.1. The van der Waals surface area contributed by atoms with E-state index in [0.717, 1.165) is 135 Å². The summed E-state index contributed by atoms with van der Waals surface area (Å²) >= 11 is 0. The Bertz CT molecular complexity index is 923. The van der Waals surface area contributed by atoms with Crippen LogP contribution in [0.15, 0.2) is 0 Å². The molecular formula is C47H86O10. The summed E-state index contributed by atoms with van der Waals surface area (Å²) in [5, 5.41) is 8.71. The molecule has 0 heterocycles. The van der Waals surface area contributed by atoms with Crippen LogP contribution in [0.4, 0.5) is 0 Å². The molecule has 334 valence electrons. The molecule has 10 nitrogen and oxygen atoms in total. The number of hydrogen-bond acceptors (Lipinski definition) is 9. The van der Waals surface area contributed by atoms with Gasteiger partial charge in [-0.3, -0.25) is 24.0 Å². The molecule has 0 spiro atoms. The third kappa shape index (κ3) is 37.4. The Balaban J connectivity index is 5.05. The number of ether oxygens (including phenoxy) is 4. The summed E-state index contributed by atoms with van der Waals surface area (Å²) in [6, 6.07) is 0. The van der Waals surface area contributed by atoms with Gasteiger partial charge in [0, 0.05) is 32.1 Å². The molecule has 0 aliphatic carbocycles. The van der Waals surface area contributed by atoms with Crippen LogP contribution in [0.25, 0.3) is 0 Å². The molecule has 0 radical (unpaired) electrons. The summed E-state index contributed by atoms with van der Waals surface area (Å²) in [4.78, 5) is 62.0. The molecule has 0 aromatic heterocycles. The van der Waals surface area contributed by atoms with Crippen LogP contribution in [-0.2, 0) is 42.9 Å². The molecule has 0 atom stereocenters. The number of aliphatic carboxylic acids is 1. The zero-order valence-electron chi connectivity index (χ0n) is 37.0. The first kappa shape index (κ1) is 54.3. The molecule has 0 saturated heterocycles. The number of rotatable bonds is 43. The lowest BCUT2D eigenvalue weighted by atomic mass is 9.92. The van der Waals surface area contributed by atoms with Gasteiger partial charge >= 0.3 is 29.8 Å². The predicted octanol–water partition coefficient (Wildman–Crippen LogP) is 12.6. The minimum atomic E-state index is -1.20. The molecule has 0 bridgehead atoms. The summed E-state index contributed by atoms with van der Waals surface area (Å²) in [6.45, 7) is 5.69. The normalized spacial score (nSPS) is 11.4. The second kappa shape index (κ2) is 40.1. The third-order valence-electron chi connectivity index (χ3n) is 10.6. The molecule has 0 unspecified atom stereocenters. The Hall–Kier alpha value is -2.65. The lowest BCUT2D eigenvalue weighted by Gasteiger charge is -2.31. The van der Waals surface area contributed by atoms with Crippen molar-refractivity contribution in [3.8, 4) is 0 Å². The van der Waals surface area contributed by atoms with Crippen molar-refractivity contribution >= 4 is 29.8 Å². The number of carbonyl (C=O) groups is 5. The summed E-state index contributed by atoms with van der Waals surface area (Å²) in [5.74, 6) is -2.17. The highest BCUT2D eigenvalue weighted by atomic mass is 16.6. The Morgan fingerprint density at radius 2 is 0.509 bits per heavy atom. The zero-order valence-corrected chi connectivity index (χ0v) is 37.0. The maximum atomic E-state index is 13.0. The van der Waals surface area contributed by atoms with Crippen LogP contribution >= 0.6 is 0 Å². The van der Waals surface area contributed by atoms with Crippen LogP contribution in [0.2, 0.25) is 0 Å². The number of unbranched alkanes of at least 4 members (excludes halogenated alkanes) is 25. The van der Waals surface area contributed by atoms with Crippen LogP contribution in [0.1, 0.15) is 239 Å². The number of carbonyl (C=O) groups excluding carboxylic acids is 4. The van der Waals surface area contributed by atoms with Gasteiger partial charge in [0.15, 0.2) is 0 Å². The predicted molar refractivity (Wildman–Crippen MR) is 228 cm³/mol. The highest BCUT2D eigenvalue weighted by molar-refractivity contribution is 5.71. The maximum Gasteiger partial charge on any atom is 0.305 e. The van der Waals surface area contributed by atoms with Gasteiger partial charge in [0.05, 0.1) is 0 Å². The summed E-state index contributed by atoms with van der Waals surface area (Å²) < 4.78 is 23.0. The topological polar surface area (TPSA) is 142 Å². The Morgan fingerprint density at radius 3 is 0.719 bits per heavy atom. The molecule has 0 aromatic carbocycles. The van der Waals surface area contributed by atoms with Crippen LogP contribution < -0.4 is 0 Å². The van der Waals surface area contributed by atoms with Gasteiger partial charge < -0.3 is 24.1 Å². The molecule has 0 saturated carbocycles. The first-order valence-corrected chi connectivity index (χ1v) is 23.5. The number of esters is 4. The van der Waals surface area contributed by atoms with E-state index < -0.39 is 11.4 Å². The van der Waals surface area contributed by atoms with Crippen molar-refractivity contribution in [2.75, 3.05) is 26.4 Å². The Morgan fingerprint density at radius 1 is 0.316 bits per heavy atom. The SMILES string of the molecule is CCCCCCCC(=O)OCC(COC(=O)CCCCCCC)(COC(=O)CCCCCCC)COC(=O)CCCCCCCCCCCCCCCCC(=O)O. The Labute approximate surface area is 348 Å². The van der Waals surface area contributed by atoms with Crippen molar-refractivity contribution in [3.05, 3.63) is 0 Å². The largest absolute Gasteiger partial charge is 0.481 e. The van der Waals surface area contributed by atoms with E-state index >= 15 is 0 Å². The minimum absolute atomic E-state index is 0.184. The molecular weight excluding hydrogens is 725 g/mol. The van der Waals surface area contributed by atoms with Gasteiger partial charge in [-0.05, 0) is 32.1 Å². The van der Waals surface area contributed by atoms with E-state index in [1.165, 1.54) is 44.9 Å². The van der Waals surface area contributed by atoms with E-state index in [0.29, 0.717) is 6.42 Å². The number of hydrogen-bond donors (Lipinski definition) is 1. The van der Waals surface area contributed by atoms with Crippen molar-refractivity contribution in [2.24, 2.45) is 5.41 Å². The Kier molecular flexibility index (Phi) is 38.3. The van der Waals surface area contributed by atoms with E-state index in [-0.39, 0.29) is 82.4 Å². The standard InChI is InChI=1S/C47H86O10/c1-4-7-10-23-29-34-43(50)54-38-47(39-55-44(51)35-30-24-11-8-5-2,40-56-45(52)36-31-25-12-9-6-3)41-57-46(53)37-32-27-22-20-18-16-14-13-15-17-19-21-26-28-33-42(48)49/h4-41H2,1-3H3,(H,48,49). The second-order valence-corrected chi connectivity index (χ2v) is 16.5. The van der Waals surface area contributed by atoms with Crippen LogP contribution in [0.5, 0.6) is 0 Å². The van der Waals surface area contributed by atoms with Gasteiger partial charge in [-0.1, -0.05) is 175 Å². The lowest BCUT2D eigenvalue weighted by Crippen LogP contribution is -2.44. The van der Waals surface area contributed by atoms with Gasteiger partial charge in [-0.25, -0.2) is 0 Å². The quantitative estimate of drug-likeness (QED) is 0.0359. The molecule has 0 aliphatic heterocycles. The van der Waals surface area contributed by atoms with Crippen molar-refractivity contribution in [3.63, 3.8) is 0 Å². The van der Waals surface area contributed by atoms with Crippen molar-refractivity contribution < 1.29 is 48.0 Å². The fraction of sp³-hybridized carbons (Fsp3) is 0.894. The summed E-state index contributed by atoms with van der Waals surface area (Å²) in [6.07, 6.45) is 31.6.